The molecular weight excluding hydrogens is 326 g/mol. The quantitative estimate of drug-likeness (QED) is 0.890. The van der Waals surface area contributed by atoms with Crippen LogP contribution in [0.5, 0.6) is 5.75 Å². The van der Waals surface area contributed by atoms with Crippen molar-refractivity contribution < 1.29 is 13.2 Å². The Hall–Kier alpha value is -1.99. The molecule has 1 aromatic carbocycles. The molecule has 24 heavy (non-hydrogen) atoms. The first kappa shape index (κ1) is 16.9. The van der Waals surface area contributed by atoms with Crippen LogP contribution in [0.3, 0.4) is 0 Å². The van der Waals surface area contributed by atoms with E-state index in [0.717, 1.165) is 31.7 Å². The molecule has 0 spiro atoms. The molecule has 128 valence electrons. The van der Waals surface area contributed by atoms with Crippen molar-refractivity contribution in [3.05, 3.63) is 48.0 Å². The molecule has 0 aliphatic carbocycles. The topological polar surface area (TPSA) is 81.2 Å². The molecule has 1 aliphatic heterocycles. The summed E-state index contributed by atoms with van der Waals surface area (Å²) in [7, 11) is -3.36. The number of ether oxygens (including phenoxy) is 1. The molecule has 1 atom stereocenters. The average Bonchev–Trinajstić information content (AvgIpc) is 2.60. The van der Waals surface area contributed by atoms with Crippen LogP contribution < -0.4 is 10.1 Å². The largest absolute Gasteiger partial charge is 0.486 e. The van der Waals surface area contributed by atoms with E-state index in [1.807, 2.05) is 30.3 Å². The molecule has 2 heterocycles. The highest BCUT2D eigenvalue weighted by atomic mass is 32.2. The van der Waals surface area contributed by atoms with E-state index in [-0.39, 0.29) is 17.4 Å². The van der Waals surface area contributed by atoms with E-state index >= 15 is 0 Å². The maximum Gasteiger partial charge on any atom is 0.178 e. The molecule has 0 bridgehead atoms. The smallest absolute Gasteiger partial charge is 0.178 e. The van der Waals surface area contributed by atoms with Crippen LogP contribution in [0.1, 0.15) is 30.3 Å². The summed E-state index contributed by atoms with van der Waals surface area (Å²) < 4.78 is 29.8. The molecule has 0 amide bonds. The molecule has 1 aliphatic rings. The monoisotopic (exact) mass is 347 g/mol. The third kappa shape index (κ3) is 4.10. The first-order valence-electron chi connectivity index (χ1n) is 7.98. The van der Waals surface area contributed by atoms with Crippen LogP contribution in [0, 0.1) is 0 Å². The molecule has 1 unspecified atom stereocenters. The Morgan fingerprint density at radius 1 is 1.29 bits per heavy atom. The lowest BCUT2D eigenvalue weighted by molar-refractivity contribution is 0.294. The van der Waals surface area contributed by atoms with Gasteiger partial charge in [-0.15, -0.1) is 0 Å². The van der Waals surface area contributed by atoms with Crippen LogP contribution in [0.15, 0.2) is 41.4 Å². The van der Waals surface area contributed by atoms with Gasteiger partial charge in [0, 0.05) is 24.9 Å². The minimum Gasteiger partial charge on any atom is -0.486 e. The van der Waals surface area contributed by atoms with Crippen molar-refractivity contribution in [2.45, 2.75) is 30.3 Å². The maximum atomic E-state index is 12.1. The number of sulfone groups is 1. The number of para-hydroxylation sites is 1. The zero-order chi connectivity index (χ0) is 17.0. The highest BCUT2D eigenvalue weighted by molar-refractivity contribution is 7.90. The Bertz CT molecular complexity index is 788. The molecule has 2 aromatic rings. The second-order valence-electron chi connectivity index (χ2n) is 5.95. The van der Waals surface area contributed by atoms with E-state index in [4.69, 9.17) is 4.74 Å². The number of hydrogen-bond acceptors (Lipinski definition) is 6. The fourth-order valence-electron chi connectivity index (χ4n) is 2.82. The van der Waals surface area contributed by atoms with E-state index < -0.39 is 9.84 Å². The second kappa shape index (κ2) is 7.27. The summed E-state index contributed by atoms with van der Waals surface area (Å²) in [4.78, 5) is 8.92. The van der Waals surface area contributed by atoms with Gasteiger partial charge in [-0.2, -0.15) is 0 Å². The Kier molecular flexibility index (Phi) is 5.11. The van der Waals surface area contributed by atoms with Gasteiger partial charge in [0.15, 0.2) is 15.7 Å². The van der Waals surface area contributed by atoms with E-state index in [9.17, 15) is 8.42 Å². The van der Waals surface area contributed by atoms with Gasteiger partial charge in [-0.1, -0.05) is 18.2 Å². The van der Waals surface area contributed by atoms with Crippen LogP contribution in [0.25, 0.3) is 0 Å². The van der Waals surface area contributed by atoms with Crippen molar-refractivity contribution in [2.75, 3.05) is 19.3 Å². The lowest BCUT2D eigenvalue weighted by Gasteiger charge is -2.24. The number of piperidine rings is 1. The van der Waals surface area contributed by atoms with Crippen LogP contribution in [0.4, 0.5) is 0 Å². The van der Waals surface area contributed by atoms with Crippen molar-refractivity contribution >= 4 is 9.84 Å². The fourth-order valence-corrected chi connectivity index (χ4v) is 3.66. The van der Waals surface area contributed by atoms with Gasteiger partial charge < -0.3 is 10.1 Å². The molecule has 7 heteroatoms. The Morgan fingerprint density at radius 3 is 2.75 bits per heavy atom. The van der Waals surface area contributed by atoms with E-state index in [1.54, 1.807) is 0 Å². The second-order valence-corrected chi connectivity index (χ2v) is 7.94. The third-order valence-electron chi connectivity index (χ3n) is 4.03. The highest BCUT2D eigenvalue weighted by Gasteiger charge is 2.25. The van der Waals surface area contributed by atoms with Gasteiger partial charge >= 0.3 is 0 Å². The molecule has 1 N–H and O–H groups in total. The fraction of sp³-hybridized carbons (Fsp3) is 0.412. The molecular formula is C17H21N3O3S. The van der Waals surface area contributed by atoms with Gasteiger partial charge in [-0.05, 0) is 31.5 Å². The van der Waals surface area contributed by atoms with Gasteiger partial charge in [0.1, 0.15) is 17.3 Å². The Labute approximate surface area is 142 Å². The van der Waals surface area contributed by atoms with E-state index in [0.29, 0.717) is 11.5 Å². The molecule has 3 rings (SSSR count). The van der Waals surface area contributed by atoms with Gasteiger partial charge in [-0.3, -0.25) is 0 Å². The zero-order valence-corrected chi connectivity index (χ0v) is 14.4. The van der Waals surface area contributed by atoms with Crippen molar-refractivity contribution in [3.63, 3.8) is 0 Å². The predicted octanol–water partition coefficient (Wildman–Crippen LogP) is 1.93. The zero-order valence-electron chi connectivity index (χ0n) is 13.6. The van der Waals surface area contributed by atoms with E-state index in [1.165, 1.54) is 12.5 Å². The van der Waals surface area contributed by atoms with Gasteiger partial charge in [0.05, 0.1) is 5.69 Å². The van der Waals surface area contributed by atoms with Gasteiger partial charge in [0.25, 0.3) is 0 Å². The number of hydrogen-bond donors (Lipinski definition) is 1. The molecule has 0 saturated carbocycles. The minimum atomic E-state index is -3.36. The highest BCUT2D eigenvalue weighted by Crippen LogP contribution is 2.27. The standard InChI is InChI=1S/C17H21N3O3S/c1-24(21,22)15-11-19-16(12-23-14-7-3-2-4-8-14)20-17(15)13-6-5-9-18-10-13/h2-4,7-8,11,13,18H,5-6,9-10,12H2,1H3. The van der Waals surface area contributed by atoms with Crippen LogP contribution in [-0.4, -0.2) is 37.7 Å². The first-order valence-corrected chi connectivity index (χ1v) is 9.87. The summed E-state index contributed by atoms with van der Waals surface area (Å²) >= 11 is 0. The first-order chi connectivity index (χ1) is 11.5. The predicted molar refractivity (Wildman–Crippen MR) is 90.8 cm³/mol. The van der Waals surface area contributed by atoms with E-state index in [2.05, 4.69) is 15.3 Å². The molecule has 1 fully saturated rings. The summed E-state index contributed by atoms with van der Waals surface area (Å²) in [5.41, 5.74) is 0.603. The number of nitrogens with zero attached hydrogens (tertiary/aromatic N) is 2. The maximum absolute atomic E-state index is 12.1. The summed E-state index contributed by atoms with van der Waals surface area (Å²) in [6.07, 6.45) is 4.54. The Morgan fingerprint density at radius 2 is 2.08 bits per heavy atom. The van der Waals surface area contributed by atoms with Crippen molar-refractivity contribution in [3.8, 4) is 5.75 Å². The third-order valence-corrected chi connectivity index (χ3v) is 5.14. The number of rotatable bonds is 5. The number of nitrogens with one attached hydrogen (secondary N) is 1. The average molecular weight is 347 g/mol. The molecule has 1 saturated heterocycles. The number of aromatic nitrogens is 2. The lowest BCUT2D eigenvalue weighted by atomic mass is 9.96. The minimum absolute atomic E-state index is 0.0851. The normalized spacial score (nSPS) is 18.3. The van der Waals surface area contributed by atoms with Crippen LogP contribution in [-0.2, 0) is 16.4 Å². The van der Waals surface area contributed by atoms with Crippen LogP contribution >= 0.6 is 0 Å². The Balaban J connectivity index is 1.86. The van der Waals surface area contributed by atoms with Crippen LogP contribution in [0.2, 0.25) is 0 Å². The molecule has 6 nitrogen and oxygen atoms in total. The van der Waals surface area contributed by atoms with Gasteiger partial charge in [0.2, 0.25) is 0 Å². The lowest BCUT2D eigenvalue weighted by Crippen LogP contribution is -2.30. The van der Waals surface area contributed by atoms with Crippen molar-refractivity contribution in [2.24, 2.45) is 0 Å². The summed E-state index contributed by atoms with van der Waals surface area (Å²) in [5.74, 6) is 1.31. The summed E-state index contributed by atoms with van der Waals surface area (Å²) in [6, 6.07) is 9.41. The van der Waals surface area contributed by atoms with Crippen molar-refractivity contribution in [1.29, 1.82) is 0 Å². The summed E-state index contributed by atoms with van der Waals surface area (Å²) in [6.45, 7) is 1.90. The summed E-state index contributed by atoms with van der Waals surface area (Å²) in [5, 5.41) is 3.30. The molecule has 0 radical (unpaired) electrons. The van der Waals surface area contributed by atoms with Gasteiger partial charge in [-0.25, -0.2) is 18.4 Å². The van der Waals surface area contributed by atoms with Crippen molar-refractivity contribution in [1.82, 2.24) is 15.3 Å². The number of benzene rings is 1. The molecule has 1 aromatic heterocycles. The SMILES string of the molecule is CS(=O)(=O)c1cnc(COc2ccccc2)nc1C1CCCNC1.